The van der Waals surface area contributed by atoms with Crippen molar-refractivity contribution in [2.75, 3.05) is 12.4 Å². The Labute approximate surface area is 95.9 Å². The van der Waals surface area contributed by atoms with Gasteiger partial charge in [0.1, 0.15) is 12.2 Å². The standard InChI is InChI=1S/C11H20O3S/c1-5-14-11(13)10(6-12)7-15-9(4)8(2)3/h6,8-10H,5,7H2,1-4H3. The maximum atomic E-state index is 11.3. The molecule has 0 N–H and O–H groups in total. The molecular formula is C11H20O3S. The predicted molar refractivity (Wildman–Crippen MR) is 62.9 cm³/mol. The van der Waals surface area contributed by atoms with Gasteiger partial charge in [0.25, 0.3) is 0 Å². The van der Waals surface area contributed by atoms with Crippen molar-refractivity contribution in [2.45, 2.75) is 32.9 Å². The van der Waals surface area contributed by atoms with Gasteiger partial charge in [-0.25, -0.2) is 0 Å². The summed E-state index contributed by atoms with van der Waals surface area (Å²) in [7, 11) is 0. The van der Waals surface area contributed by atoms with Gasteiger partial charge in [0.05, 0.1) is 6.61 Å². The van der Waals surface area contributed by atoms with Gasteiger partial charge in [-0.3, -0.25) is 4.79 Å². The van der Waals surface area contributed by atoms with Crippen molar-refractivity contribution < 1.29 is 14.3 Å². The largest absolute Gasteiger partial charge is 0.465 e. The molecule has 0 aliphatic heterocycles. The van der Waals surface area contributed by atoms with Crippen LogP contribution in [0.15, 0.2) is 0 Å². The normalized spacial score (nSPS) is 14.7. The number of carbonyl (C=O) groups is 2. The van der Waals surface area contributed by atoms with E-state index >= 15 is 0 Å². The average molecular weight is 232 g/mol. The zero-order valence-corrected chi connectivity index (χ0v) is 10.7. The molecule has 0 bridgehead atoms. The molecule has 0 heterocycles. The van der Waals surface area contributed by atoms with Gasteiger partial charge in [-0.1, -0.05) is 20.8 Å². The van der Waals surface area contributed by atoms with Crippen molar-refractivity contribution in [3.05, 3.63) is 0 Å². The van der Waals surface area contributed by atoms with Gasteiger partial charge >= 0.3 is 5.97 Å². The van der Waals surface area contributed by atoms with E-state index in [9.17, 15) is 9.59 Å². The first-order chi connectivity index (χ1) is 7.02. The molecule has 2 atom stereocenters. The van der Waals surface area contributed by atoms with E-state index in [0.29, 0.717) is 29.8 Å². The molecule has 0 aliphatic carbocycles. The first-order valence-corrected chi connectivity index (χ1v) is 6.31. The maximum absolute atomic E-state index is 11.3. The van der Waals surface area contributed by atoms with Crippen molar-refractivity contribution in [3.8, 4) is 0 Å². The highest BCUT2D eigenvalue weighted by molar-refractivity contribution is 7.99. The molecule has 0 aromatic rings. The molecule has 15 heavy (non-hydrogen) atoms. The minimum atomic E-state index is -0.615. The predicted octanol–water partition coefficient (Wildman–Crippen LogP) is 2.14. The summed E-state index contributed by atoms with van der Waals surface area (Å²) in [6.07, 6.45) is 0.679. The van der Waals surface area contributed by atoms with Gasteiger partial charge in [0, 0.05) is 11.0 Å². The lowest BCUT2D eigenvalue weighted by atomic mass is 10.2. The topological polar surface area (TPSA) is 43.4 Å². The Morgan fingerprint density at radius 3 is 2.40 bits per heavy atom. The van der Waals surface area contributed by atoms with E-state index in [1.165, 1.54) is 0 Å². The summed E-state index contributed by atoms with van der Waals surface area (Å²) in [6.45, 7) is 8.41. The summed E-state index contributed by atoms with van der Waals surface area (Å²) in [5.41, 5.74) is 0. The highest BCUT2D eigenvalue weighted by Gasteiger charge is 2.20. The van der Waals surface area contributed by atoms with Crippen LogP contribution in [0.2, 0.25) is 0 Å². The van der Waals surface area contributed by atoms with Crippen molar-refractivity contribution in [1.82, 2.24) is 0 Å². The van der Waals surface area contributed by atoms with Crippen molar-refractivity contribution in [1.29, 1.82) is 0 Å². The van der Waals surface area contributed by atoms with E-state index in [0.717, 1.165) is 0 Å². The second-order valence-electron chi connectivity index (χ2n) is 3.78. The number of esters is 1. The molecule has 0 fully saturated rings. The van der Waals surface area contributed by atoms with Crippen molar-refractivity contribution in [2.24, 2.45) is 11.8 Å². The second kappa shape index (κ2) is 7.74. The highest BCUT2D eigenvalue weighted by Crippen LogP contribution is 2.21. The Kier molecular flexibility index (Phi) is 7.48. The van der Waals surface area contributed by atoms with Crippen molar-refractivity contribution >= 4 is 24.0 Å². The number of hydrogen-bond acceptors (Lipinski definition) is 4. The van der Waals surface area contributed by atoms with Crippen molar-refractivity contribution in [3.63, 3.8) is 0 Å². The summed E-state index contributed by atoms with van der Waals surface area (Å²) >= 11 is 1.64. The van der Waals surface area contributed by atoms with Crippen LogP contribution < -0.4 is 0 Å². The Balaban J connectivity index is 4.00. The van der Waals surface area contributed by atoms with Crippen LogP contribution >= 0.6 is 11.8 Å². The molecule has 0 radical (unpaired) electrons. The minimum absolute atomic E-state index is 0.327. The molecular weight excluding hydrogens is 212 g/mol. The van der Waals surface area contributed by atoms with Crippen LogP contribution in [-0.2, 0) is 14.3 Å². The molecule has 0 spiro atoms. The molecule has 0 aromatic carbocycles. The molecule has 0 aromatic heterocycles. The molecule has 0 rings (SSSR count). The summed E-state index contributed by atoms with van der Waals surface area (Å²) in [6, 6.07) is 0. The number of ether oxygens (including phenoxy) is 1. The smallest absolute Gasteiger partial charge is 0.317 e. The monoisotopic (exact) mass is 232 g/mol. The fraction of sp³-hybridized carbons (Fsp3) is 0.818. The van der Waals surface area contributed by atoms with Crippen LogP contribution in [0.1, 0.15) is 27.7 Å². The maximum Gasteiger partial charge on any atom is 0.317 e. The fourth-order valence-electron chi connectivity index (χ4n) is 0.860. The van der Waals surface area contributed by atoms with Gasteiger partial charge in [-0.2, -0.15) is 11.8 Å². The molecule has 0 saturated heterocycles. The number of rotatable bonds is 7. The molecule has 88 valence electrons. The van der Waals surface area contributed by atoms with Gasteiger partial charge in [-0.15, -0.1) is 0 Å². The first-order valence-electron chi connectivity index (χ1n) is 5.26. The SMILES string of the molecule is CCOC(=O)C(C=O)CSC(C)C(C)C. The zero-order chi connectivity index (χ0) is 11.8. The van der Waals surface area contributed by atoms with Crippen LogP contribution in [0.25, 0.3) is 0 Å². The molecule has 4 heteroatoms. The molecule has 2 unspecified atom stereocenters. The lowest BCUT2D eigenvalue weighted by Crippen LogP contribution is -2.22. The van der Waals surface area contributed by atoms with Gasteiger partial charge in [0.15, 0.2) is 0 Å². The van der Waals surface area contributed by atoms with E-state index in [1.54, 1.807) is 18.7 Å². The lowest BCUT2D eigenvalue weighted by Gasteiger charge is -2.16. The lowest BCUT2D eigenvalue weighted by molar-refractivity contribution is -0.148. The third-order valence-electron chi connectivity index (χ3n) is 2.23. The molecule has 3 nitrogen and oxygen atoms in total. The van der Waals surface area contributed by atoms with E-state index in [-0.39, 0.29) is 0 Å². The summed E-state index contributed by atoms with van der Waals surface area (Å²) < 4.78 is 4.80. The summed E-state index contributed by atoms with van der Waals surface area (Å²) in [5.74, 6) is 0.0402. The first kappa shape index (κ1) is 14.5. The molecule has 0 saturated carbocycles. The van der Waals surface area contributed by atoms with Crippen LogP contribution in [0.5, 0.6) is 0 Å². The third-order valence-corrected chi connectivity index (χ3v) is 3.85. The van der Waals surface area contributed by atoms with E-state index in [1.807, 2.05) is 0 Å². The van der Waals surface area contributed by atoms with Gasteiger partial charge in [0.2, 0.25) is 0 Å². The van der Waals surface area contributed by atoms with Crippen LogP contribution in [0.3, 0.4) is 0 Å². The number of hydrogen-bond donors (Lipinski definition) is 0. The Bertz CT molecular complexity index is 204. The molecule has 0 aliphatic rings. The third kappa shape index (κ3) is 5.82. The van der Waals surface area contributed by atoms with Gasteiger partial charge in [-0.05, 0) is 12.8 Å². The number of thioether (sulfide) groups is 1. The van der Waals surface area contributed by atoms with E-state index < -0.39 is 11.9 Å². The Morgan fingerprint density at radius 2 is 2.00 bits per heavy atom. The van der Waals surface area contributed by atoms with E-state index in [2.05, 4.69) is 20.8 Å². The number of aldehydes is 1. The second-order valence-corrected chi connectivity index (χ2v) is 5.19. The Hall–Kier alpha value is -0.510. The van der Waals surface area contributed by atoms with Crippen LogP contribution in [0, 0.1) is 11.8 Å². The van der Waals surface area contributed by atoms with E-state index in [4.69, 9.17) is 4.74 Å². The van der Waals surface area contributed by atoms with Gasteiger partial charge < -0.3 is 9.53 Å². The summed E-state index contributed by atoms with van der Waals surface area (Å²) in [4.78, 5) is 22.0. The van der Waals surface area contributed by atoms with Crippen LogP contribution in [0.4, 0.5) is 0 Å². The highest BCUT2D eigenvalue weighted by atomic mass is 32.2. The molecule has 0 amide bonds. The average Bonchev–Trinajstić information content (AvgIpc) is 2.18. The zero-order valence-electron chi connectivity index (χ0n) is 9.86. The number of carbonyl (C=O) groups excluding carboxylic acids is 2. The fourth-order valence-corrected chi connectivity index (χ4v) is 1.97. The Morgan fingerprint density at radius 1 is 1.40 bits per heavy atom. The minimum Gasteiger partial charge on any atom is -0.465 e. The summed E-state index contributed by atoms with van der Waals surface area (Å²) in [5, 5.41) is 0.446. The quantitative estimate of drug-likeness (QED) is 0.383. The van der Waals surface area contributed by atoms with Crippen LogP contribution in [-0.4, -0.2) is 29.9 Å².